The van der Waals surface area contributed by atoms with E-state index in [9.17, 15) is 0 Å². The van der Waals surface area contributed by atoms with Gasteiger partial charge in [-0.2, -0.15) is 0 Å². The molecule has 13 heavy (non-hydrogen) atoms. The van der Waals surface area contributed by atoms with Crippen LogP contribution >= 0.6 is 0 Å². The summed E-state index contributed by atoms with van der Waals surface area (Å²) in [6.45, 7) is 9.26. The highest BCUT2D eigenvalue weighted by molar-refractivity contribution is 5.24. The molecular weight excluding hydrogens is 158 g/mol. The Kier molecular flexibility index (Phi) is 2.23. The van der Waals surface area contributed by atoms with Crippen molar-refractivity contribution in [3.63, 3.8) is 0 Å². The molecule has 0 saturated heterocycles. The molecule has 0 radical (unpaired) electrons. The van der Waals surface area contributed by atoms with Gasteiger partial charge < -0.3 is 5.32 Å². The molecule has 1 fully saturated rings. The van der Waals surface area contributed by atoms with Crippen molar-refractivity contribution in [3.05, 3.63) is 11.6 Å². The van der Waals surface area contributed by atoms with E-state index in [-0.39, 0.29) is 0 Å². The highest BCUT2D eigenvalue weighted by Crippen LogP contribution is 2.58. The Bertz CT molecular complexity index is 227. The summed E-state index contributed by atoms with van der Waals surface area (Å²) >= 11 is 0. The lowest BCUT2D eigenvalue weighted by Gasteiger charge is -2.56. The van der Waals surface area contributed by atoms with Crippen LogP contribution in [0.15, 0.2) is 11.6 Å². The molecule has 74 valence electrons. The lowest BCUT2D eigenvalue weighted by atomic mass is 9.49. The highest BCUT2D eigenvalue weighted by atomic mass is 14.8. The molecule has 1 saturated carbocycles. The van der Waals surface area contributed by atoms with Crippen LogP contribution in [0.2, 0.25) is 0 Å². The summed E-state index contributed by atoms with van der Waals surface area (Å²) in [5.74, 6) is 1.85. The molecule has 2 atom stereocenters. The normalized spacial score (nSPS) is 35.2. The maximum atomic E-state index is 3.44. The summed E-state index contributed by atoms with van der Waals surface area (Å²) in [5, 5.41) is 3.44. The van der Waals surface area contributed by atoms with E-state index in [0.717, 1.165) is 24.9 Å². The Hall–Kier alpha value is -0.300. The SMILES string of the molecule is CCNCC1=CC[C@H]2C[C@@H]1C2(C)C. The van der Waals surface area contributed by atoms with E-state index < -0.39 is 0 Å². The van der Waals surface area contributed by atoms with E-state index in [4.69, 9.17) is 0 Å². The second kappa shape index (κ2) is 3.13. The monoisotopic (exact) mass is 179 g/mol. The molecule has 3 aliphatic rings. The topological polar surface area (TPSA) is 12.0 Å². The first-order valence-corrected chi connectivity index (χ1v) is 5.56. The molecule has 1 nitrogen and oxygen atoms in total. The van der Waals surface area contributed by atoms with Gasteiger partial charge in [0.05, 0.1) is 0 Å². The van der Waals surface area contributed by atoms with Crippen molar-refractivity contribution < 1.29 is 0 Å². The van der Waals surface area contributed by atoms with Gasteiger partial charge >= 0.3 is 0 Å². The molecule has 0 amide bonds. The Morgan fingerprint density at radius 1 is 1.54 bits per heavy atom. The number of rotatable bonds is 3. The zero-order chi connectivity index (χ0) is 9.47. The number of nitrogens with one attached hydrogen (secondary N) is 1. The van der Waals surface area contributed by atoms with Gasteiger partial charge in [0.1, 0.15) is 0 Å². The van der Waals surface area contributed by atoms with Crippen LogP contribution in [0, 0.1) is 17.3 Å². The summed E-state index contributed by atoms with van der Waals surface area (Å²) in [4.78, 5) is 0. The Morgan fingerprint density at radius 3 is 2.85 bits per heavy atom. The average Bonchev–Trinajstić information content (AvgIpc) is 2.14. The first kappa shape index (κ1) is 9.26. The van der Waals surface area contributed by atoms with Gasteiger partial charge in [-0.25, -0.2) is 0 Å². The van der Waals surface area contributed by atoms with Gasteiger partial charge in [-0.05, 0) is 36.6 Å². The van der Waals surface area contributed by atoms with E-state index in [0.29, 0.717) is 5.41 Å². The molecule has 0 aromatic rings. The molecule has 0 heterocycles. The summed E-state index contributed by atoms with van der Waals surface area (Å²) in [6.07, 6.45) is 5.25. The van der Waals surface area contributed by atoms with E-state index >= 15 is 0 Å². The quantitative estimate of drug-likeness (QED) is 0.657. The first-order chi connectivity index (χ1) is 6.16. The molecule has 0 aromatic heterocycles. The third-order valence-electron chi connectivity index (χ3n) is 4.16. The molecule has 0 unspecified atom stereocenters. The molecule has 3 rings (SSSR count). The van der Waals surface area contributed by atoms with Crippen molar-refractivity contribution in [1.29, 1.82) is 0 Å². The zero-order valence-corrected chi connectivity index (χ0v) is 9.06. The minimum Gasteiger partial charge on any atom is -0.313 e. The third kappa shape index (κ3) is 1.34. The Balaban J connectivity index is 2.01. The molecular formula is C12H21N. The second-order valence-corrected chi connectivity index (χ2v) is 5.10. The maximum Gasteiger partial charge on any atom is 0.0167 e. The number of fused-ring (bicyclic) bond motifs is 1. The van der Waals surface area contributed by atoms with Crippen molar-refractivity contribution in [2.75, 3.05) is 13.1 Å². The largest absolute Gasteiger partial charge is 0.313 e. The standard InChI is InChI=1S/C12H21N/c1-4-13-8-9-5-6-10-7-11(9)12(10,2)3/h5,10-11,13H,4,6-8H2,1-3H3/t10-,11-/m0/s1. The van der Waals surface area contributed by atoms with Gasteiger partial charge in [0, 0.05) is 6.54 Å². The van der Waals surface area contributed by atoms with E-state index in [2.05, 4.69) is 32.2 Å². The van der Waals surface area contributed by atoms with Crippen molar-refractivity contribution in [1.82, 2.24) is 5.32 Å². The predicted molar refractivity (Wildman–Crippen MR) is 56.6 cm³/mol. The van der Waals surface area contributed by atoms with Gasteiger partial charge in [-0.1, -0.05) is 32.4 Å². The van der Waals surface area contributed by atoms with Gasteiger partial charge in [0.2, 0.25) is 0 Å². The van der Waals surface area contributed by atoms with Gasteiger partial charge in [0.25, 0.3) is 0 Å². The van der Waals surface area contributed by atoms with Crippen molar-refractivity contribution in [2.45, 2.75) is 33.6 Å². The number of allylic oxidation sites excluding steroid dienone is 1. The van der Waals surface area contributed by atoms with Gasteiger partial charge in [-0.3, -0.25) is 0 Å². The number of likely N-dealkylation sites (N-methyl/N-ethyl adjacent to an activating group) is 1. The summed E-state index contributed by atoms with van der Waals surface area (Å²) in [6, 6.07) is 0. The van der Waals surface area contributed by atoms with Crippen molar-refractivity contribution in [2.24, 2.45) is 17.3 Å². The lowest BCUT2D eigenvalue weighted by molar-refractivity contribution is -0.00731. The average molecular weight is 179 g/mol. The number of hydrogen-bond donors (Lipinski definition) is 1. The Morgan fingerprint density at radius 2 is 2.31 bits per heavy atom. The van der Waals surface area contributed by atoms with Crippen molar-refractivity contribution in [3.8, 4) is 0 Å². The van der Waals surface area contributed by atoms with Crippen LogP contribution in [0.1, 0.15) is 33.6 Å². The smallest absolute Gasteiger partial charge is 0.0167 e. The van der Waals surface area contributed by atoms with Crippen LogP contribution in [0.3, 0.4) is 0 Å². The van der Waals surface area contributed by atoms with Gasteiger partial charge in [-0.15, -0.1) is 0 Å². The minimum atomic E-state index is 0.597. The number of hydrogen-bond acceptors (Lipinski definition) is 1. The lowest BCUT2D eigenvalue weighted by Crippen LogP contribution is -2.49. The summed E-state index contributed by atoms with van der Waals surface area (Å²) in [5.41, 5.74) is 2.27. The van der Waals surface area contributed by atoms with Crippen LogP contribution in [0.25, 0.3) is 0 Å². The summed E-state index contributed by atoms with van der Waals surface area (Å²) in [7, 11) is 0. The van der Waals surface area contributed by atoms with E-state index in [1.54, 1.807) is 5.57 Å². The minimum absolute atomic E-state index is 0.597. The molecule has 3 aliphatic carbocycles. The van der Waals surface area contributed by atoms with Gasteiger partial charge in [0.15, 0.2) is 0 Å². The molecule has 1 N–H and O–H groups in total. The van der Waals surface area contributed by atoms with Crippen LogP contribution in [0.4, 0.5) is 0 Å². The van der Waals surface area contributed by atoms with Crippen molar-refractivity contribution >= 4 is 0 Å². The second-order valence-electron chi connectivity index (χ2n) is 5.10. The van der Waals surface area contributed by atoms with E-state index in [1.165, 1.54) is 12.8 Å². The fourth-order valence-electron chi connectivity index (χ4n) is 2.95. The van der Waals surface area contributed by atoms with Crippen LogP contribution in [-0.2, 0) is 0 Å². The van der Waals surface area contributed by atoms with E-state index in [1.807, 2.05) is 0 Å². The maximum absolute atomic E-state index is 3.44. The molecule has 1 heteroatoms. The van der Waals surface area contributed by atoms with Crippen LogP contribution in [-0.4, -0.2) is 13.1 Å². The Labute approximate surface area is 81.6 Å². The molecule has 0 aromatic carbocycles. The fraction of sp³-hybridized carbons (Fsp3) is 0.833. The van der Waals surface area contributed by atoms with Crippen LogP contribution in [0.5, 0.6) is 0 Å². The fourth-order valence-corrected chi connectivity index (χ4v) is 2.95. The summed E-state index contributed by atoms with van der Waals surface area (Å²) < 4.78 is 0. The highest BCUT2D eigenvalue weighted by Gasteiger charge is 2.50. The molecule has 0 spiro atoms. The molecule has 2 bridgehead atoms. The molecule has 0 aliphatic heterocycles. The zero-order valence-electron chi connectivity index (χ0n) is 9.06. The first-order valence-electron chi connectivity index (χ1n) is 5.56. The third-order valence-corrected chi connectivity index (χ3v) is 4.16. The van der Waals surface area contributed by atoms with Crippen LogP contribution < -0.4 is 5.32 Å². The predicted octanol–water partition coefficient (Wildman–Crippen LogP) is 2.59.